The Hall–Kier alpha value is -1.68. The lowest BCUT2D eigenvalue weighted by molar-refractivity contribution is -0.384. The number of non-ortho nitro benzene ring substituents is 1. The summed E-state index contributed by atoms with van der Waals surface area (Å²) in [5, 5.41) is 10.4. The van der Waals surface area contributed by atoms with E-state index in [2.05, 4.69) is 6.58 Å². The lowest BCUT2D eigenvalue weighted by Gasteiger charge is -2.11. The highest BCUT2D eigenvalue weighted by atomic mass is 16.6. The molecule has 0 unspecified atom stereocenters. The predicted molar refractivity (Wildman–Crippen MR) is 60.7 cm³/mol. The van der Waals surface area contributed by atoms with Gasteiger partial charge in [-0.25, -0.2) is 0 Å². The number of nitro groups is 1. The molecule has 4 nitrogen and oxygen atoms in total. The number of rotatable bonds is 4. The highest BCUT2D eigenvalue weighted by Crippen LogP contribution is 2.17. The van der Waals surface area contributed by atoms with Crippen molar-refractivity contribution in [3.63, 3.8) is 0 Å². The Labute approximate surface area is 89.0 Å². The number of hydrogen-bond acceptors (Lipinski definition) is 3. The summed E-state index contributed by atoms with van der Waals surface area (Å²) in [5.41, 5.74) is 2.00. The van der Waals surface area contributed by atoms with Crippen LogP contribution in [-0.4, -0.2) is 30.5 Å². The van der Waals surface area contributed by atoms with Crippen LogP contribution in [0.3, 0.4) is 0 Å². The van der Waals surface area contributed by atoms with Gasteiger partial charge in [0.15, 0.2) is 0 Å². The third-order valence-electron chi connectivity index (χ3n) is 1.99. The Balaban J connectivity index is 2.80. The van der Waals surface area contributed by atoms with E-state index in [4.69, 9.17) is 0 Å². The minimum absolute atomic E-state index is 0.108. The Bertz CT molecular complexity index is 369. The summed E-state index contributed by atoms with van der Waals surface area (Å²) in [6.07, 6.45) is 0. The quantitative estimate of drug-likeness (QED) is 0.560. The number of nitro benzene ring substituents is 1. The fourth-order valence-corrected chi connectivity index (χ4v) is 1.29. The summed E-state index contributed by atoms with van der Waals surface area (Å²) in [6, 6.07) is 6.44. The van der Waals surface area contributed by atoms with E-state index in [0.717, 1.165) is 17.7 Å². The summed E-state index contributed by atoms with van der Waals surface area (Å²) in [5.74, 6) is 0. The van der Waals surface area contributed by atoms with E-state index in [1.54, 1.807) is 12.1 Å². The van der Waals surface area contributed by atoms with Crippen molar-refractivity contribution in [3.05, 3.63) is 46.5 Å². The van der Waals surface area contributed by atoms with Gasteiger partial charge in [0.2, 0.25) is 0 Å². The van der Waals surface area contributed by atoms with E-state index in [9.17, 15) is 10.1 Å². The summed E-state index contributed by atoms with van der Waals surface area (Å²) < 4.78 is 0. The second-order valence-electron chi connectivity index (χ2n) is 3.65. The molecule has 1 aromatic rings. The first kappa shape index (κ1) is 11.4. The lowest BCUT2D eigenvalue weighted by atomic mass is 10.1. The highest BCUT2D eigenvalue weighted by Gasteiger charge is 2.05. The van der Waals surface area contributed by atoms with Crippen LogP contribution in [0.2, 0.25) is 0 Å². The van der Waals surface area contributed by atoms with Crippen LogP contribution in [0.25, 0.3) is 5.57 Å². The number of nitrogens with zero attached hydrogens (tertiary/aromatic N) is 2. The van der Waals surface area contributed by atoms with Gasteiger partial charge in [-0.05, 0) is 37.4 Å². The van der Waals surface area contributed by atoms with Gasteiger partial charge in [-0.2, -0.15) is 0 Å². The third kappa shape index (κ3) is 3.18. The van der Waals surface area contributed by atoms with Gasteiger partial charge in [0, 0.05) is 18.7 Å². The third-order valence-corrected chi connectivity index (χ3v) is 1.99. The molecule has 0 aliphatic carbocycles. The molecule has 0 bridgehead atoms. The smallest absolute Gasteiger partial charge is 0.269 e. The molecule has 1 rings (SSSR count). The van der Waals surface area contributed by atoms with Crippen molar-refractivity contribution in [2.45, 2.75) is 0 Å². The Morgan fingerprint density at radius 2 is 1.93 bits per heavy atom. The molecule has 0 atom stereocenters. The second-order valence-corrected chi connectivity index (χ2v) is 3.65. The highest BCUT2D eigenvalue weighted by molar-refractivity contribution is 5.65. The van der Waals surface area contributed by atoms with Crippen molar-refractivity contribution in [1.29, 1.82) is 0 Å². The van der Waals surface area contributed by atoms with E-state index < -0.39 is 4.92 Å². The van der Waals surface area contributed by atoms with Gasteiger partial charge in [-0.1, -0.05) is 6.58 Å². The van der Waals surface area contributed by atoms with Crippen LogP contribution in [0.15, 0.2) is 30.8 Å². The molecule has 0 aromatic heterocycles. The van der Waals surface area contributed by atoms with Gasteiger partial charge in [0.1, 0.15) is 0 Å². The summed E-state index contributed by atoms with van der Waals surface area (Å²) >= 11 is 0. The van der Waals surface area contributed by atoms with Crippen LogP contribution in [0.5, 0.6) is 0 Å². The first-order valence-corrected chi connectivity index (χ1v) is 4.58. The van der Waals surface area contributed by atoms with Gasteiger partial charge in [0.25, 0.3) is 5.69 Å². The van der Waals surface area contributed by atoms with Crippen LogP contribution in [0, 0.1) is 10.1 Å². The first-order valence-electron chi connectivity index (χ1n) is 4.58. The number of hydrogen-bond donors (Lipinski definition) is 0. The van der Waals surface area contributed by atoms with E-state index >= 15 is 0 Å². The molecule has 0 N–H and O–H groups in total. The average molecular weight is 206 g/mol. The first-order chi connectivity index (χ1) is 7.00. The number of benzene rings is 1. The second kappa shape index (κ2) is 4.70. The fraction of sp³-hybridized carbons (Fsp3) is 0.273. The van der Waals surface area contributed by atoms with Gasteiger partial charge < -0.3 is 4.90 Å². The minimum atomic E-state index is -0.404. The molecule has 0 aliphatic heterocycles. The molecule has 1 aromatic carbocycles. The standard InChI is InChI=1S/C11H14N2O2/c1-9(8-12(2)3)10-4-6-11(7-5-10)13(14)15/h4-7H,1,8H2,2-3H3. The van der Waals surface area contributed by atoms with Crippen molar-refractivity contribution < 1.29 is 4.92 Å². The summed E-state index contributed by atoms with van der Waals surface area (Å²) in [6.45, 7) is 4.68. The molecule has 0 saturated carbocycles. The van der Waals surface area contributed by atoms with E-state index in [0.29, 0.717) is 0 Å². The van der Waals surface area contributed by atoms with Gasteiger partial charge in [-0.3, -0.25) is 10.1 Å². The van der Waals surface area contributed by atoms with E-state index in [-0.39, 0.29) is 5.69 Å². The SMILES string of the molecule is C=C(CN(C)C)c1ccc([N+](=O)[O-])cc1. The molecular weight excluding hydrogens is 192 g/mol. The largest absolute Gasteiger partial charge is 0.305 e. The van der Waals surface area contributed by atoms with Crippen molar-refractivity contribution in [2.24, 2.45) is 0 Å². The molecule has 0 fully saturated rings. The van der Waals surface area contributed by atoms with Crippen molar-refractivity contribution in [1.82, 2.24) is 4.90 Å². The Kier molecular flexibility index (Phi) is 3.57. The van der Waals surface area contributed by atoms with Crippen LogP contribution in [0.4, 0.5) is 5.69 Å². The molecule has 0 saturated heterocycles. The zero-order valence-electron chi connectivity index (χ0n) is 8.93. The molecule has 0 radical (unpaired) electrons. The minimum Gasteiger partial charge on any atom is -0.305 e. The van der Waals surface area contributed by atoms with Gasteiger partial charge in [0.05, 0.1) is 4.92 Å². The van der Waals surface area contributed by atoms with Crippen LogP contribution >= 0.6 is 0 Å². The average Bonchev–Trinajstić information content (AvgIpc) is 2.17. The maximum Gasteiger partial charge on any atom is 0.269 e. The van der Waals surface area contributed by atoms with Crippen molar-refractivity contribution >= 4 is 11.3 Å². The fourth-order valence-electron chi connectivity index (χ4n) is 1.29. The zero-order valence-corrected chi connectivity index (χ0v) is 8.93. The van der Waals surface area contributed by atoms with Crippen molar-refractivity contribution in [2.75, 3.05) is 20.6 Å². The molecule has 0 aliphatic rings. The monoisotopic (exact) mass is 206 g/mol. The summed E-state index contributed by atoms with van der Waals surface area (Å²) in [7, 11) is 3.91. The molecular formula is C11H14N2O2. The molecule has 0 amide bonds. The molecule has 0 spiro atoms. The Morgan fingerprint density at radius 3 is 2.33 bits per heavy atom. The zero-order chi connectivity index (χ0) is 11.4. The lowest BCUT2D eigenvalue weighted by Crippen LogP contribution is -2.13. The molecule has 15 heavy (non-hydrogen) atoms. The van der Waals surface area contributed by atoms with Gasteiger partial charge >= 0.3 is 0 Å². The number of likely N-dealkylation sites (N-methyl/N-ethyl adjacent to an activating group) is 1. The predicted octanol–water partition coefficient (Wildman–Crippen LogP) is 2.17. The maximum atomic E-state index is 10.4. The topological polar surface area (TPSA) is 46.4 Å². The molecule has 4 heteroatoms. The van der Waals surface area contributed by atoms with E-state index in [1.807, 2.05) is 19.0 Å². The summed E-state index contributed by atoms with van der Waals surface area (Å²) in [4.78, 5) is 12.0. The van der Waals surface area contributed by atoms with Crippen LogP contribution < -0.4 is 0 Å². The van der Waals surface area contributed by atoms with Crippen molar-refractivity contribution in [3.8, 4) is 0 Å². The normalized spacial score (nSPS) is 10.3. The Morgan fingerprint density at radius 1 is 1.40 bits per heavy atom. The van der Waals surface area contributed by atoms with Crippen LogP contribution in [-0.2, 0) is 0 Å². The van der Waals surface area contributed by atoms with E-state index in [1.165, 1.54) is 12.1 Å². The van der Waals surface area contributed by atoms with Crippen LogP contribution in [0.1, 0.15) is 5.56 Å². The van der Waals surface area contributed by atoms with Gasteiger partial charge in [-0.15, -0.1) is 0 Å². The molecule has 0 heterocycles. The molecule has 80 valence electrons. The maximum absolute atomic E-state index is 10.4.